The maximum atomic E-state index is 12.0. The molecule has 25 heavy (non-hydrogen) atoms. The second-order valence-corrected chi connectivity index (χ2v) is 7.51. The van der Waals surface area contributed by atoms with Crippen LogP contribution in [0.15, 0.2) is 24.3 Å². The van der Waals surface area contributed by atoms with E-state index in [-0.39, 0.29) is 5.91 Å². The zero-order valence-corrected chi connectivity index (χ0v) is 15.0. The minimum atomic E-state index is 0.0745. The molecule has 1 aliphatic heterocycles. The Morgan fingerprint density at radius 2 is 1.88 bits per heavy atom. The number of nitrogens with zero attached hydrogens (tertiary/aromatic N) is 1. The maximum absolute atomic E-state index is 12.0. The minimum Gasteiger partial charge on any atom is -0.396 e. The van der Waals surface area contributed by atoms with Gasteiger partial charge in [-0.25, -0.2) is 0 Å². The fourth-order valence-corrected chi connectivity index (χ4v) is 3.59. The molecule has 5 heteroatoms. The van der Waals surface area contributed by atoms with Crippen molar-refractivity contribution in [1.29, 1.82) is 0 Å². The Balaban J connectivity index is 1.46. The Bertz CT molecular complexity index is 552. The zero-order chi connectivity index (χ0) is 17.5. The van der Waals surface area contributed by atoms with Crippen LogP contribution >= 0.6 is 0 Å². The number of carbonyl (C=O) groups excluding carboxylic acids is 1. The molecule has 3 N–H and O–H groups in total. The van der Waals surface area contributed by atoms with Gasteiger partial charge in [-0.1, -0.05) is 24.6 Å². The standard InChI is InChI=1S/C20H31N3O2/c24-15-17-8-10-23(11-9-17)14-18-6-1-2-7-19(18)21-13-20(25)22-12-16-4-3-5-16/h1-2,6-7,16-17,21,24H,3-5,8-15H2,(H,22,25). The van der Waals surface area contributed by atoms with E-state index in [1.54, 1.807) is 0 Å². The van der Waals surface area contributed by atoms with Gasteiger partial charge >= 0.3 is 0 Å². The molecule has 1 heterocycles. The number of aliphatic hydroxyl groups is 1. The number of anilines is 1. The van der Waals surface area contributed by atoms with Crippen LogP contribution in [-0.4, -0.2) is 48.7 Å². The summed E-state index contributed by atoms with van der Waals surface area (Å²) in [7, 11) is 0. The molecule has 0 radical (unpaired) electrons. The van der Waals surface area contributed by atoms with Gasteiger partial charge in [-0.2, -0.15) is 0 Å². The third-order valence-electron chi connectivity index (χ3n) is 5.63. The maximum Gasteiger partial charge on any atom is 0.239 e. The van der Waals surface area contributed by atoms with Crippen molar-refractivity contribution in [3.8, 4) is 0 Å². The van der Waals surface area contributed by atoms with E-state index in [4.69, 9.17) is 0 Å². The van der Waals surface area contributed by atoms with Crippen molar-refractivity contribution in [2.24, 2.45) is 11.8 Å². The number of hydrogen-bond acceptors (Lipinski definition) is 4. The van der Waals surface area contributed by atoms with E-state index in [1.807, 2.05) is 6.07 Å². The van der Waals surface area contributed by atoms with Gasteiger partial charge in [-0.15, -0.1) is 0 Å². The highest BCUT2D eigenvalue weighted by molar-refractivity contribution is 5.80. The molecule has 0 atom stereocenters. The van der Waals surface area contributed by atoms with Gasteiger partial charge in [-0.3, -0.25) is 9.69 Å². The van der Waals surface area contributed by atoms with Crippen molar-refractivity contribution in [1.82, 2.24) is 10.2 Å². The van der Waals surface area contributed by atoms with Gasteiger partial charge in [0.1, 0.15) is 0 Å². The number of carbonyl (C=O) groups is 1. The molecule has 0 spiro atoms. The fraction of sp³-hybridized carbons (Fsp3) is 0.650. The minimum absolute atomic E-state index is 0.0745. The number of benzene rings is 1. The van der Waals surface area contributed by atoms with E-state index in [0.29, 0.717) is 25.0 Å². The van der Waals surface area contributed by atoms with Gasteiger partial charge < -0.3 is 15.7 Å². The molecular formula is C20H31N3O2. The summed E-state index contributed by atoms with van der Waals surface area (Å²) in [6, 6.07) is 8.25. The Hall–Kier alpha value is -1.59. The average molecular weight is 345 g/mol. The highest BCUT2D eigenvalue weighted by Gasteiger charge is 2.20. The lowest BCUT2D eigenvalue weighted by molar-refractivity contribution is -0.119. The summed E-state index contributed by atoms with van der Waals surface area (Å²) in [6.07, 6.45) is 5.94. The number of amides is 1. The molecule has 0 bridgehead atoms. The topological polar surface area (TPSA) is 64.6 Å². The van der Waals surface area contributed by atoms with Gasteiger partial charge in [0.25, 0.3) is 0 Å². The molecule has 1 aliphatic carbocycles. The Morgan fingerprint density at radius 1 is 1.12 bits per heavy atom. The summed E-state index contributed by atoms with van der Waals surface area (Å²) < 4.78 is 0. The summed E-state index contributed by atoms with van der Waals surface area (Å²) >= 11 is 0. The van der Waals surface area contributed by atoms with Gasteiger partial charge in [0.05, 0.1) is 6.54 Å². The van der Waals surface area contributed by atoms with E-state index in [0.717, 1.165) is 44.7 Å². The number of likely N-dealkylation sites (tertiary alicyclic amines) is 1. The molecule has 2 fully saturated rings. The Labute approximate surface area is 150 Å². The third-order valence-corrected chi connectivity index (χ3v) is 5.63. The van der Waals surface area contributed by atoms with Crippen molar-refractivity contribution in [2.75, 3.05) is 38.1 Å². The van der Waals surface area contributed by atoms with E-state index in [9.17, 15) is 9.90 Å². The second kappa shape index (κ2) is 9.20. The first kappa shape index (κ1) is 18.2. The molecule has 5 nitrogen and oxygen atoms in total. The molecule has 1 amide bonds. The van der Waals surface area contributed by atoms with Crippen LogP contribution in [0.2, 0.25) is 0 Å². The van der Waals surface area contributed by atoms with E-state index < -0.39 is 0 Å². The molecule has 3 rings (SSSR count). The molecule has 1 saturated heterocycles. The van der Waals surface area contributed by atoms with Crippen LogP contribution in [0.5, 0.6) is 0 Å². The monoisotopic (exact) mass is 345 g/mol. The first-order valence-corrected chi connectivity index (χ1v) is 9.66. The molecule has 1 aromatic carbocycles. The Kier molecular flexibility index (Phi) is 6.70. The predicted octanol–water partition coefficient (Wildman–Crippen LogP) is 2.22. The fourth-order valence-electron chi connectivity index (χ4n) is 3.59. The van der Waals surface area contributed by atoms with Crippen molar-refractivity contribution < 1.29 is 9.90 Å². The molecule has 0 aromatic heterocycles. The highest BCUT2D eigenvalue weighted by Crippen LogP contribution is 2.25. The first-order valence-electron chi connectivity index (χ1n) is 9.66. The number of nitrogens with one attached hydrogen (secondary N) is 2. The summed E-state index contributed by atoms with van der Waals surface area (Å²) in [5.41, 5.74) is 2.28. The number of rotatable bonds is 8. The van der Waals surface area contributed by atoms with Crippen LogP contribution in [0.3, 0.4) is 0 Å². The van der Waals surface area contributed by atoms with Crippen LogP contribution in [0.4, 0.5) is 5.69 Å². The van der Waals surface area contributed by atoms with E-state index in [1.165, 1.54) is 24.8 Å². The molecule has 1 saturated carbocycles. The number of piperidine rings is 1. The summed E-state index contributed by atoms with van der Waals surface area (Å²) in [5, 5.41) is 15.6. The van der Waals surface area contributed by atoms with Crippen LogP contribution in [0.25, 0.3) is 0 Å². The predicted molar refractivity (Wildman–Crippen MR) is 100 cm³/mol. The number of aliphatic hydroxyl groups excluding tert-OH is 1. The normalized spacial score (nSPS) is 19.4. The number of hydrogen-bond donors (Lipinski definition) is 3. The SMILES string of the molecule is O=C(CNc1ccccc1CN1CCC(CO)CC1)NCC1CCC1. The van der Waals surface area contributed by atoms with Gasteiger partial charge in [0.2, 0.25) is 5.91 Å². The van der Waals surface area contributed by atoms with E-state index >= 15 is 0 Å². The molecule has 2 aliphatic rings. The lowest BCUT2D eigenvalue weighted by Crippen LogP contribution is -2.36. The van der Waals surface area contributed by atoms with Crippen molar-refractivity contribution in [3.05, 3.63) is 29.8 Å². The highest BCUT2D eigenvalue weighted by atomic mass is 16.3. The second-order valence-electron chi connectivity index (χ2n) is 7.51. The number of para-hydroxylation sites is 1. The summed E-state index contributed by atoms with van der Waals surface area (Å²) in [4.78, 5) is 14.5. The molecule has 0 unspecified atom stereocenters. The van der Waals surface area contributed by atoms with Crippen LogP contribution in [-0.2, 0) is 11.3 Å². The largest absolute Gasteiger partial charge is 0.396 e. The third kappa shape index (κ3) is 5.44. The zero-order valence-electron chi connectivity index (χ0n) is 15.0. The van der Waals surface area contributed by atoms with Gasteiger partial charge in [0.15, 0.2) is 0 Å². The van der Waals surface area contributed by atoms with Crippen LogP contribution in [0.1, 0.15) is 37.7 Å². The molecule has 1 aromatic rings. The van der Waals surface area contributed by atoms with Crippen LogP contribution < -0.4 is 10.6 Å². The van der Waals surface area contributed by atoms with Crippen molar-refractivity contribution in [2.45, 2.75) is 38.6 Å². The molecular weight excluding hydrogens is 314 g/mol. The van der Waals surface area contributed by atoms with Crippen molar-refractivity contribution >= 4 is 11.6 Å². The Morgan fingerprint density at radius 3 is 2.56 bits per heavy atom. The summed E-state index contributed by atoms with van der Waals surface area (Å²) in [6.45, 7) is 4.41. The van der Waals surface area contributed by atoms with Gasteiger partial charge in [0, 0.05) is 25.4 Å². The summed E-state index contributed by atoms with van der Waals surface area (Å²) in [5.74, 6) is 1.23. The quantitative estimate of drug-likeness (QED) is 0.676. The average Bonchev–Trinajstić information content (AvgIpc) is 2.60. The van der Waals surface area contributed by atoms with Gasteiger partial charge in [-0.05, 0) is 62.2 Å². The lowest BCUT2D eigenvalue weighted by atomic mass is 9.85. The first-order chi connectivity index (χ1) is 12.2. The van der Waals surface area contributed by atoms with E-state index in [2.05, 4.69) is 33.7 Å². The smallest absolute Gasteiger partial charge is 0.239 e. The lowest BCUT2D eigenvalue weighted by Gasteiger charge is -2.31. The van der Waals surface area contributed by atoms with Crippen LogP contribution in [0, 0.1) is 11.8 Å². The molecule has 138 valence electrons. The van der Waals surface area contributed by atoms with Crippen molar-refractivity contribution in [3.63, 3.8) is 0 Å².